The Morgan fingerprint density at radius 3 is 2.77 bits per heavy atom. The number of methoxy groups -OCH3 is 1. The van der Waals surface area contributed by atoms with E-state index in [9.17, 15) is 0 Å². The summed E-state index contributed by atoms with van der Waals surface area (Å²) in [6.07, 6.45) is 3.46. The lowest BCUT2D eigenvalue weighted by molar-refractivity contribution is 0.171. The van der Waals surface area contributed by atoms with Crippen molar-refractivity contribution in [3.05, 3.63) is 36.7 Å². The number of rotatable bonds is 3. The van der Waals surface area contributed by atoms with E-state index in [1.54, 1.807) is 19.5 Å². The van der Waals surface area contributed by atoms with Gasteiger partial charge in [0.05, 0.1) is 7.11 Å². The maximum Gasteiger partial charge on any atom is 0.231 e. The van der Waals surface area contributed by atoms with Crippen molar-refractivity contribution in [3.8, 4) is 39.8 Å². The molecule has 0 saturated heterocycles. The molecule has 1 aromatic carbocycles. The first-order valence-electron chi connectivity index (χ1n) is 6.66. The monoisotopic (exact) mass is 296 g/mol. The van der Waals surface area contributed by atoms with Crippen molar-refractivity contribution < 1.29 is 14.2 Å². The second-order valence-electron chi connectivity index (χ2n) is 4.67. The Balaban J connectivity index is 1.86. The summed E-state index contributed by atoms with van der Waals surface area (Å²) in [7, 11) is 1.59. The van der Waals surface area contributed by atoms with Gasteiger partial charge in [-0.2, -0.15) is 15.4 Å². The van der Waals surface area contributed by atoms with Gasteiger partial charge in [0.2, 0.25) is 12.5 Å². The molecule has 3 aromatic rings. The van der Waals surface area contributed by atoms with E-state index >= 15 is 0 Å². The van der Waals surface area contributed by atoms with E-state index in [1.807, 2.05) is 24.3 Å². The van der Waals surface area contributed by atoms with Crippen molar-refractivity contribution >= 4 is 0 Å². The molecule has 7 nitrogen and oxygen atoms in total. The Bertz CT molecular complexity index is 817. The van der Waals surface area contributed by atoms with Gasteiger partial charge < -0.3 is 14.2 Å². The summed E-state index contributed by atoms with van der Waals surface area (Å²) in [5.41, 5.74) is 3.12. The average Bonchev–Trinajstić information content (AvgIpc) is 3.23. The molecule has 0 amide bonds. The minimum absolute atomic E-state index is 0.184. The quantitative estimate of drug-likeness (QED) is 0.798. The van der Waals surface area contributed by atoms with Gasteiger partial charge in [0.1, 0.15) is 11.4 Å². The van der Waals surface area contributed by atoms with Gasteiger partial charge in [0.25, 0.3) is 0 Å². The molecule has 110 valence electrons. The minimum atomic E-state index is 0.184. The second kappa shape index (κ2) is 5.03. The molecule has 22 heavy (non-hydrogen) atoms. The summed E-state index contributed by atoms with van der Waals surface area (Å²) in [4.78, 5) is 4.12. The van der Waals surface area contributed by atoms with Crippen LogP contribution >= 0.6 is 0 Å². The molecule has 0 radical (unpaired) electrons. The molecule has 0 unspecified atom stereocenters. The maximum absolute atomic E-state index is 5.45. The summed E-state index contributed by atoms with van der Waals surface area (Å²) in [6, 6.07) is 7.50. The van der Waals surface area contributed by atoms with Gasteiger partial charge in [0, 0.05) is 23.5 Å². The Kier molecular flexibility index (Phi) is 2.89. The number of hydrogen-bond acceptors (Lipinski definition) is 6. The summed E-state index contributed by atoms with van der Waals surface area (Å²) in [5, 5.41) is 11.1. The highest BCUT2D eigenvalue weighted by atomic mass is 16.7. The normalized spacial score (nSPS) is 12.4. The first-order chi connectivity index (χ1) is 10.9. The third-order valence-electron chi connectivity index (χ3n) is 3.41. The Morgan fingerprint density at radius 2 is 2.00 bits per heavy atom. The number of pyridine rings is 1. The molecule has 0 aliphatic carbocycles. The highest BCUT2D eigenvalue weighted by Crippen LogP contribution is 2.44. The first kappa shape index (κ1) is 12.6. The molecule has 1 aliphatic heterocycles. The van der Waals surface area contributed by atoms with Crippen LogP contribution in [0.4, 0.5) is 0 Å². The molecule has 1 aliphatic rings. The average molecular weight is 296 g/mol. The van der Waals surface area contributed by atoms with Crippen LogP contribution in [-0.4, -0.2) is 34.3 Å². The highest BCUT2D eigenvalue weighted by Gasteiger charge is 2.23. The molecule has 4 rings (SSSR count). The smallest absolute Gasteiger partial charge is 0.231 e. The van der Waals surface area contributed by atoms with E-state index in [0.717, 1.165) is 11.1 Å². The summed E-state index contributed by atoms with van der Waals surface area (Å²) in [6.45, 7) is 0.184. The fraction of sp³-hybridized carbons (Fsp3) is 0.133. The van der Waals surface area contributed by atoms with Crippen molar-refractivity contribution in [2.75, 3.05) is 13.9 Å². The van der Waals surface area contributed by atoms with Gasteiger partial charge in [-0.3, -0.25) is 4.98 Å². The minimum Gasteiger partial charge on any atom is -0.493 e. The lowest BCUT2D eigenvalue weighted by Gasteiger charge is -2.07. The third-order valence-corrected chi connectivity index (χ3v) is 3.41. The second-order valence-corrected chi connectivity index (χ2v) is 4.67. The van der Waals surface area contributed by atoms with Gasteiger partial charge in [-0.1, -0.05) is 0 Å². The molecular formula is C15H12N4O3. The van der Waals surface area contributed by atoms with Crippen LogP contribution in [0.25, 0.3) is 22.5 Å². The van der Waals surface area contributed by atoms with Crippen LogP contribution in [0.3, 0.4) is 0 Å². The van der Waals surface area contributed by atoms with Crippen LogP contribution < -0.4 is 14.2 Å². The lowest BCUT2D eigenvalue weighted by atomic mass is 10.1. The zero-order valence-electron chi connectivity index (χ0n) is 11.7. The van der Waals surface area contributed by atoms with Crippen molar-refractivity contribution in [2.45, 2.75) is 0 Å². The molecule has 3 heterocycles. The Hall–Kier alpha value is -3.09. The standard InChI is InChI=1S/C15H12N4O3/c1-20-11-5-10(6-12-15(11)22-8-21-12)14-13(17-19-18-14)9-3-2-4-16-7-9/h2-7H,8H2,1H3,(H,17,18,19). The molecule has 0 atom stereocenters. The number of aromatic amines is 1. The van der Waals surface area contributed by atoms with Gasteiger partial charge in [0.15, 0.2) is 11.5 Å². The predicted molar refractivity (Wildman–Crippen MR) is 77.7 cm³/mol. The maximum atomic E-state index is 5.45. The number of nitrogens with zero attached hydrogens (tertiary/aromatic N) is 3. The van der Waals surface area contributed by atoms with E-state index in [4.69, 9.17) is 14.2 Å². The summed E-state index contributed by atoms with van der Waals surface area (Å²) < 4.78 is 16.2. The molecule has 0 spiro atoms. The van der Waals surface area contributed by atoms with E-state index in [0.29, 0.717) is 28.6 Å². The molecule has 2 aromatic heterocycles. The van der Waals surface area contributed by atoms with Gasteiger partial charge >= 0.3 is 0 Å². The topological polar surface area (TPSA) is 82.2 Å². The fourth-order valence-corrected chi connectivity index (χ4v) is 2.40. The van der Waals surface area contributed by atoms with Crippen molar-refractivity contribution in [1.82, 2.24) is 20.4 Å². The van der Waals surface area contributed by atoms with Crippen molar-refractivity contribution in [2.24, 2.45) is 0 Å². The van der Waals surface area contributed by atoms with Crippen LogP contribution in [0, 0.1) is 0 Å². The zero-order valence-corrected chi connectivity index (χ0v) is 11.7. The summed E-state index contributed by atoms with van der Waals surface area (Å²) in [5.74, 6) is 1.84. The van der Waals surface area contributed by atoms with E-state index in [1.165, 1.54) is 0 Å². The van der Waals surface area contributed by atoms with Crippen molar-refractivity contribution in [3.63, 3.8) is 0 Å². The van der Waals surface area contributed by atoms with Crippen LogP contribution in [0.2, 0.25) is 0 Å². The molecule has 0 bridgehead atoms. The van der Waals surface area contributed by atoms with E-state index in [-0.39, 0.29) is 6.79 Å². The number of aromatic nitrogens is 4. The third kappa shape index (κ3) is 1.95. The predicted octanol–water partition coefficient (Wildman–Crippen LogP) is 2.27. The SMILES string of the molecule is COc1cc(-c2n[nH]nc2-c2cccnc2)cc2c1OCO2. The largest absolute Gasteiger partial charge is 0.493 e. The van der Waals surface area contributed by atoms with Crippen LogP contribution in [0.1, 0.15) is 0 Å². The molecular weight excluding hydrogens is 284 g/mol. The molecule has 7 heteroatoms. The molecule has 0 saturated carbocycles. The van der Waals surface area contributed by atoms with Gasteiger partial charge in [-0.05, 0) is 24.3 Å². The van der Waals surface area contributed by atoms with Crippen LogP contribution in [0.5, 0.6) is 17.2 Å². The number of benzene rings is 1. The lowest BCUT2D eigenvalue weighted by Crippen LogP contribution is -1.93. The van der Waals surface area contributed by atoms with Crippen LogP contribution in [0.15, 0.2) is 36.7 Å². The zero-order chi connectivity index (χ0) is 14.9. The number of H-pyrrole nitrogens is 1. The fourth-order valence-electron chi connectivity index (χ4n) is 2.40. The first-order valence-corrected chi connectivity index (χ1v) is 6.66. The number of nitrogens with one attached hydrogen (secondary N) is 1. The van der Waals surface area contributed by atoms with Crippen LogP contribution in [-0.2, 0) is 0 Å². The van der Waals surface area contributed by atoms with Crippen molar-refractivity contribution in [1.29, 1.82) is 0 Å². The van der Waals surface area contributed by atoms with E-state index in [2.05, 4.69) is 20.4 Å². The van der Waals surface area contributed by atoms with Gasteiger partial charge in [-0.15, -0.1) is 0 Å². The molecule has 1 N–H and O–H groups in total. The Morgan fingerprint density at radius 1 is 1.14 bits per heavy atom. The van der Waals surface area contributed by atoms with Gasteiger partial charge in [-0.25, -0.2) is 0 Å². The van der Waals surface area contributed by atoms with E-state index < -0.39 is 0 Å². The summed E-state index contributed by atoms with van der Waals surface area (Å²) >= 11 is 0. The Labute approximate surface area is 125 Å². The number of ether oxygens (including phenoxy) is 3. The number of hydrogen-bond donors (Lipinski definition) is 1. The highest BCUT2D eigenvalue weighted by molar-refractivity contribution is 5.79. The molecule has 0 fully saturated rings. The number of fused-ring (bicyclic) bond motifs is 1.